The van der Waals surface area contributed by atoms with Crippen molar-refractivity contribution in [2.75, 3.05) is 6.54 Å². The maximum atomic E-state index is 12.1. The first-order valence-corrected chi connectivity index (χ1v) is 7.55. The second-order valence-electron chi connectivity index (χ2n) is 4.91. The van der Waals surface area contributed by atoms with E-state index in [2.05, 4.69) is 29.4 Å². The summed E-state index contributed by atoms with van der Waals surface area (Å²) < 4.78 is 0. The van der Waals surface area contributed by atoms with Crippen LogP contribution in [0.2, 0.25) is 5.15 Å². The van der Waals surface area contributed by atoms with E-state index in [1.807, 2.05) is 24.3 Å². The number of aromatic nitrogens is 1. The minimum atomic E-state index is -0.104. The Balaban J connectivity index is 1.94. The molecule has 2 aromatic rings. The van der Waals surface area contributed by atoms with Crippen molar-refractivity contribution in [3.05, 3.63) is 64.4 Å². The van der Waals surface area contributed by atoms with Gasteiger partial charge in [-0.15, -0.1) is 0 Å². The highest BCUT2D eigenvalue weighted by Gasteiger charge is 2.08. The number of benzene rings is 1. The molecule has 1 aromatic heterocycles. The van der Waals surface area contributed by atoms with Crippen LogP contribution in [0, 0.1) is 0 Å². The lowest BCUT2D eigenvalue weighted by molar-refractivity contribution is 0.0954. The number of rotatable bonds is 6. The first-order valence-electron chi connectivity index (χ1n) is 7.17. The fourth-order valence-electron chi connectivity index (χ4n) is 2.13. The third-order valence-corrected chi connectivity index (χ3v) is 3.35. The number of nitrogens with zero attached hydrogens (tertiary/aromatic N) is 1. The average Bonchev–Trinajstić information content (AvgIpc) is 2.48. The van der Waals surface area contributed by atoms with Crippen LogP contribution in [0.4, 0.5) is 0 Å². The molecule has 1 aromatic carbocycles. The van der Waals surface area contributed by atoms with E-state index < -0.39 is 0 Å². The highest BCUT2D eigenvalue weighted by molar-refractivity contribution is 6.29. The molecule has 21 heavy (non-hydrogen) atoms. The van der Waals surface area contributed by atoms with Crippen molar-refractivity contribution >= 4 is 17.5 Å². The number of amides is 1. The second kappa shape index (κ2) is 7.79. The van der Waals surface area contributed by atoms with Crippen LogP contribution in [0.15, 0.2) is 42.5 Å². The molecular weight excluding hydrogens is 284 g/mol. The van der Waals surface area contributed by atoms with Gasteiger partial charge >= 0.3 is 0 Å². The van der Waals surface area contributed by atoms with Crippen molar-refractivity contribution in [2.24, 2.45) is 0 Å². The molecule has 2 rings (SSSR count). The van der Waals surface area contributed by atoms with Gasteiger partial charge in [-0.2, -0.15) is 0 Å². The molecule has 0 aliphatic rings. The number of nitrogens with one attached hydrogen (secondary N) is 1. The Hall–Kier alpha value is -1.87. The first kappa shape index (κ1) is 15.5. The maximum Gasteiger partial charge on any atom is 0.251 e. The van der Waals surface area contributed by atoms with E-state index in [0.717, 1.165) is 25.0 Å². The van der Waals surface area contributed by atoms with Crippen molar-refractivity contribution < 1.29 is 4.79 Å². The predicted molar refractivity (Wildman–Crippen MR) is 85.7 cm³/mol. The van der Waals surface area contributed by atoms with E-state index in [1.54, 1.807) is 6.07 Å². The molecule has 3 nitrogen and oxygen atoms in total. The normalized spacial score (nSPS) is 10.4. The SMILES string of the molecule is CCCc1cc(C(=O)NCCc2ccccc2)cc(Cl)n1. The molecule has 0 saturated heterocycles. The van der Waals surface area contributed by atoms with Crippen LogP contribution in [0.5, 0.6) is 0 Å². The number of pyridine rings is 1. The number of carbonyl (C=O) groups is 1. The summed E-state index contributed by atoms with van der Waals surface area (Å²) >= 11 is 5.97. The third kappa shape index (κ3) is 4.87. The first-order chi connectivity index (χ1) is 10.2. The van der Waals surface area contributed by atoms with E-state index >= 15 is 0 Å². The summed E-state index contributed by atoms with van der Waals surface area (Å²) in [6, 6.07) is 13.5. The van der Waals surface area contributed by atoms with Crippen LogP contribution < -0.4 is 5.32 Å². The zero-order valence-electron chi connectivity index (χ0n) is 12.1. The molecule has 0 unspecified atom stereocenters. The average molecular weight is 303 g/mol. The number of aryl methyl sites for hydroxylation is 1. The zero-order chi connectivity index (χ0) is 15.1. The number of halogens is 1. The molecule has 0 aliphatic heterocycles. The second-order valence-corrected chi connectivity index (χ2v) is 5.30. The minimum Gasteiger partial charge on any atom is -0.352 e. The molecule has 0 fully saturated rings. The van der Waals surface area contributed by atoms with Gasteiger partial charge in [0, 0.05) is 17.8 Å². The minimum absolute atomic E-state index is 0.104. The molecular formula is C17H19ClN2O. The Morgan fingerprint density at radius 3 is 2.67 bits per heavy atom. The van der Waals surface area contributed by atoms with Gasteiger partial charge in [-0.3, -0.25) is 4.79 Å². The third-order valence-electron chi connectivity index (χ3n) is 3.16. The monoisotopic (exact) mass is 302 g/mol. The summed E-state index contributed by atoms with van der Waals surface area (Å²) in [6.45, 7) is 2.67. The quantitative estimate of drug-likeness (QED) is 0.827. The lowest BCUT2D eigenvalue weighted by atomic mass is 10.1. The number of hydrogen-bond donors (Lipinski definition) is 1. The van der Waals surface area contributed by atoms with Gasteiger partial charge in [-0.1, -0.05) is 55.3 Å². The summed E-state index contributed by atoms with van der Waals surface area (Å²) in [4.78, 5) is 16.4. The molecule has 0 atom stereocenters. The fraction of sp³-hybridized carbons (Fsp3) is 0.294. The highest BCUT2D eigenvalue weighted by Crippen LogP contribution is 2.12. The van der Waals surface area contributed by atoms with Gasteiger partial charge in [0.1, 0.15) is 5.15 Å². The van der Waals surface area contributed by atoms with E-state index in [4.69, 9.17) is 11.6 Å². The van der Waals surface area contributed by atoms with Gasteiger partial charge in [0.05, 0.1) is 0 Å². The lowest BCUT2D eigenvalue weighted by Crippen LogP contribution is -2.26. The van der Waals surface area contributed by atoms with Crippen LogP contribution in [0.25, 0.3) is 0 Å². The summed E-state index contributed by atoms with van der Waals surface area (Å²) in [5.41, 5.74) is 2.64. The van der Waals surface area contributed by atoms with Crippen molar-refractivity contribution in [3.8, 4) is 0 Å². The topological polar surface area (TPSA) is 42.0 Å². The van der Waals surface area contributed by atoms with Crippen LogP contribution in [-0.4, -0.2) is 17.4 Å². The van der Waals surface area contributed by atoms with Crippen LogP contribution >= 0.6 is 11.6 Å². The molecule has 4 heteroatoms. The summed E-state index contributed by atoms with van der Waals surface area (Å²) in [5.74, 6) is -0.104. The van der Waals surface area contributed by atoms with Gasteiger partial charge in [0.15, 0.2) is 0 Å². The van der Waals surface area contributed by atoms with Crippen LogP contribution in [0.1, 0.15) is 35.0 Å². The van der Waals surface area contributed by atoms with Crippen molar-refractivity contribution in [2.45, 2.75) is 26.2 Å². The molecule has 1 amide bonds. The standard InChI is InChI=1S/C17H19ClN2O/c1-2-6-15-11-14(12-16(18)20-15)17(21)19-10-9-13-7-4-3-5-8-13/h3-5,7-8,11-12H,2,6,9-10H2,1H3,(H,19,21). The Bertz CT molecular complexity index is 599. The van der Waals surface area contributed by atoms with Crippen molar-refractivity contribution in [1.82, 2.24) is 10.3 Å². The Morgan fingerprint density at radius 2 is 1.95 bits per heavy atom. The van der Waals surface area contributed by atoms with E-state index in [-0.39, 0.29) is 5.91 Å². The Labute approximate surface area is 130 Å². The molecule has 1 N–H and O–H groups in total. The van der Waals surface area contributed by atoms with E-state index in [1.165, 1.54) is 5.56 Å². The summed E-state index contributed by atoms with van der Waals surface area (Å²) in [5, 5.41) is 3.29. The molecule has 1 heterocycles. The van der Waals surface area contributed by atoms with E-state index in [0.29, 0.717) is 17.3 Å². The van der Waals surface area contributed by atoms with Gasteiger partial charge in [0.25, 0.3) is 5.91 Å². The largest absolute Gasteiger partial charge is 0.352 e. The van der Waals surface area contributed by atoms with Crippen LogP contribution in [-0.2, 0) is 12.8 Å². The van der Waals surface area contributed by atoms with Gasteiger partial charge in [0.2, 0.25) is 0 Å². The van der Waals surface area contributed by atoms with Crippen molar-refractivity contribution in [1.29, 1.82) is 0 Å². The number of carbonyl (C=O) groups excluding carboxylic acids is 1. The summed E-state index contributed by atoms with van der Waals surface area (Å²) in [6.07, 6.45) is 2.61. The number of hydrogen-bond acceptors (Lipinski definition) is 2. The lowest BCUT2D eigenvalue weighted by Gasteiger charge is -2.07. The van der Waals surface area contributed by atoms with E-state index in [9.17, 15) is 4.79 Å². The molecule has 0 radical (unpaired) electrons. The van der Waals surface area contributed by atoms with Gasteiger partial charge in [-0.05, 0) is 30.5 Å². The van der Waals surface area contributed by atoms with Gasteiger partial charge < -0.3 is 5.32 Å². The molecule has 0 aliphatic carbocycles. The molecule has 0 saturated carbocycles. The zero-order valence-corrected chi connectivity index (χ0v) is 12.9. The molecule has 0 spiro atoms. The fourth-order valence-corrected chi connectivity index (χ4v) is 2.36. The van der Waals surface area contributed by atoms with Crippen LogP contribution in [0.3, 0.4) is 0 Å². The Kier molecular flexibility index (Phi) is 5.76. The highest BCUT2D eigenvalue weighted by atomic mass is 35.5. The maximum absolute atomic E-state index is 12.1. The van der Waals surface area contributed by atoms with Gasteiger partial charge in [-0.25, -0.2) is 4.98 Å². The molecule has 110 valence electrons. The van der Waals surface area contributed by atoms with Crippen molar-refractivity contribution in [3.63, 3.8) is 0 Å². The predicted octanol–water partition coefficient (Wildman–Crippen LogP) is 3.66. The summed E-state index contributed by atoms with van der Waals surface area (Å²) in [7, 11) is 0. The smallest absolute Gasteiger partial charge is 0.251 e. The Morgan fingerprint density at radius 1 is 1.19 bits per heavy atom. The molecule has 0 bridgehead atoms.